The molecule has 0 aromatic rings. The molecule has 0 bridgehead atoms. The number of nitrogens with zero attached hydrogens (tertiary/aromatic N) is 2. The Balaban J connectivity index is 1.65. The molecule has 1 unspecified atom stereocenters. The van der Waals surface area contributed by atoms with Gasteiger partial charge in [0.05, 0.1) is 19.8 Å². The van der Waals surface area contributed by atoms with Crippen LogP contribution >= 0.6 is 0 Å². The predicted octanol–water partition coefficient (Wildman–Crippen LogP) is 0.165. The van der Waals surface area contributed by atoms with Crippen molar-refractivity contribution in [2.75, 3.05) is 52.5 Å². The van der Waals surface area contributed by atoms with Gasteiger partial charge in [0.2, 0.25) is 0 Å². The molecule has 0 aromatic carbocycles. The molecule has 2 aliphatic heterocycles. The lowest BCUT2D eigenvalue weighted by Gasteiger charge is -2.44. The van der Waals surface area contributed by atoms with Crippen molar-refractivity contribution in [2.45, 2.75) is 25.3 Å². The molecule has 1 atom stereocenters. The Morgan fingerprint density at radius 1 is 1.12 bits per heavy atom. The fourth-order valence-corrected chi connectivity index (χ4v) is 2.78. The van der Waals surface area contributed by atoms with E-state index in [0.717, 1.165) is 19.2 Å². The third-order valence-electron chi connectivity index (χ3n) is 3.71. The zero-order valence-corrected chi connectivity index (χ0v) is 10.1. The first-order valence-electron chi connectivity index (χ1n) is 6.55. The zero-order valence-electron chi connectivity index (χ0n) is 10.1. The standard InChI is InChI=1S/C12H24N2O2/c15-8-10-16-9-7-13-5-6-14-4-2-1-3-12(14)11-13/h12,15H,1-11H2. The fraction of sp³-hybridized carbons (Fsp3) is 1.00. The van der Waals surface area contributed by atoms with E-state index in [1.807, 2.05) is 0 Å². The SMILES string of the molecule is OCCOCCN1CCN2CCCCC2C1. The highest BCUT2D eigenvalue weighted by Crippen LogP contribution is 2.20. The molecule has 1 N–H and O–H groups in total. The second-order valence-electron chi connectivity index (χ2n) is 4.82. The molecule has 16 heavy (non-hydrogen) atoms. The van der Waals surface area contributed by atoms with Crippen LogP contribution in [0.4, 0.5) is 0 Å². The molecule has 94 valence electrons. The van der Waals surface area contributed by atoms with Crippen molar-refractivity contribution in [3.8, 4) is 0 Å². The van der Waals surface area contributed by atoms with Gasteiger partial charge in [-0.15, -0.1) is 0 Å². The lowest BCUT2D eigenvalue weighted by Crippen LogP contribution is -2.55. The maximum Gasteiger partial charge on any atom is 0.0698 e. The number of piperazine rings is 1. The lowest BCUT2D eigenvalue weighted by molar-refractivity contribution is 0.0238. The summed E-state index contributed by atoms with van der Waals surface area (Å²) in [5, 5.41) is 8.61. The van der Waals surface area contributed by atoms with Gasteiger partial charge in [0, 0.05) is 32.2 Å². The largest absolute Gasteiger partial charge is 0.394 e. The Labute approximate surface area is 98.2 Å². The summed E-state index contributed by atoms with van der Waals surface area (Å²) in [5.74, 6) is 0. The summed E-state index contributed by atoms with van der Waals surface area (Å²) in [6, 6.07) is 0.792. The van der Waals surface area contributed by atoms with Crippen LogP contribution in [0.2, 0.25) is 0 Å². The monoisotopic (exact) mass is 228 g/mol. The molecule has 0 saturated carbocycles. The van der Waals surface area contributed by atoms with Crippen LogP contribution in [0, 0.1) is 0 Å². The van der Waals surface area contributed by atoms with E-state index in [-0.39, 0.29) is 6.61 Å². The molecule has 0 aliphatic carbocycles. The van der Waals surface area contributed by atoms with Gasteiger partial charge in [0.25, 0.3) is 0 Å². The zero-order chi connectivity index (χ0) is 11.2. The summed E-state index contributed by atoms with van der Waals surface area (Å²) in [5.41, 5.74) is 0. The first kappa shape index (κ1) is 12.3. The first-order valence-corrected chi connectivity index (χ1v) is 6.55. The van der Waals surface area contributed by atoms with E-state index >= 15 is 0 Å². The summed E-state index contributed by atoms with van der Waals surface area (Å²) < 4.78 is 5.32. The topological polar surface area (TPSA) is 35.9 Å². The molecule has 0 amide bonds. The molecule has 2 rings (SSSR count). The van der Waals surface area contributed by atoms with Gasteiger partial charge in [0.15, 0.2) is 0 Å². The molecule has 0 aromatic heterocycles. The van der Waals surface area contributed by atoms with Crippen LogP contribution in [-0.4, -0.2) is 73.5 Å². The van der Waals surface area contributed by atoms with E-state index in [2.05, 4.69) is 9.80 Å². The fourth-order valence-electron chi connectivity index (χ4n) is 2.78. The van der Waals surface area contributed by atoms with Crippen LogP contribution in [-0.2, 0) is 4.74 Å². The molecule has 4 nitrogen and oxygen atoms in total. The smallest absolute Gasteiger partial charge is 0.0698 e. The van der Waals surface area contributed by atoms with Crippen molar-refractivity contribution >= 4 is 0 Å². The Kier molecular flexibility index (Phi) is 5.03. The number of rotatable bonds is 5. The highest BCUT2D eigenvalue weighted by atomic mass is 16.5. The quantitative estimate of drug-likeness (QED) is 0.680. The van der Waals surface area contributed by atoms with Crippen molar-refractivity contribution in [1.82, 2.24) is 9.80 Å². The molecule has 2 saturated heterocycles. The molecular weight excluding hydrogens is 204 g/mol. The van der Waals surface area contributed by atoms with Crippen molar-refractivity contribution in [3.05, 3.63) is 0 Å². The Hall–Kier alpha value is -0.160. The summed E-state index contributed by atoms with van der Waals surface area (Å²) in [4.78, 5) is 5.15. The summed E-state index contributed by atoms with van der Waals surface area (Å²) in [6.45, 7) is 7.31. The number of aliphatic hydroxyl groups is 1. The highest BCUT2D eigenvalue weighted by Gasteiger charge is 2.28. The van der Waals surface area contributed by atoms with E-state index in [0.29, 0.717) is 6.61 Å². The number of piperidine rings is 1. The van der Waals surface area contributed by atoms with Crippen LogP contribution in [0.5, 0.6) is 0 Å². The molecule has 2 fully saturated rings. The molecule has 4 heteroatoms. The Morgan fingerprint density at radius 3 is 2.94 bits per heavy atom. The van der Waals surface area contributed by atoms with Gasteiger partial charge in [-0.1, -0.05) is 6.42 Å². The van der Waals surface area contributed by atoms with Crippen LogP contribution in [0.3, 0.4) is 0 Å². The van der Waals surface area contributed by atoms with Gasteiger partial charge >= 0.3 is 0 Å². The summed E-state index contributed by atoms with van der Waals surface area (Å²) >= 11 is 0. The normalized spacial score (nSPS) is 27.9. The third-order valence-corrected chi connectivity index (χ3v) is 3.71. The minimum atomic E-state index is 0.135. The number of hydrogen-bond donors (Lipinski definition) is 1. The van der Waals surface area contributed by atoms with Crippen molar-refractivity contribution in [1.29, 1.82) is 0 Å². The first-order chi connectivity index (χ1) is 7.90. The van der Waals surface area contributed by atoms with Gasteiger partial charge in [-0.05, 0) is 19.4 Å². The van der Waals surface area contributed by atoms with Crippen molar-refractivity contribution < 1.29 is 9.84 Å². The van der Waals surface area contributed by atoms with Crippen LogP contribution < -0.4 is 0 Å². The minimum absolute atomic E-state index is 0.135. The number of ether oxygens (including phenoxy) is 1. The summed E-state index contributed by atoms with van der Waals surface area (Å²) in [6.07, 6.45) is 4.15. The average molecular weight is 228 g/mol. The molecule has 2 heterocycles. The second-order valence-corrected chi connectivity index (χ2v) is 4.82. The number of hydrogen-bond acceptors (Lipinski definition) is 4. The van der Waals surface area contributed by atoms with E-state index in [1.54, 1.807) is 0 Å². The molecule has 0 radical (unpaired) electrons. The number of aliphatic hydroxyl groups excluding tert-OH is 1. The van der Waals surface area contributed by atoms with E-state index in [9.17, 15) is 0 Å². The van der Waals surface area contributed by atoms with Crippen LogP contribution in [0.15, 0.2) is 0 Å². The van der Waals surface area contributed by atoms with Crippen molar-refractivity contribution in [2.24, 2.45) is 0 Å². The van der Waals surface area contributed by atoms with Crippen LogP contribution in [0.1, 0.15) is 19.3 Å². The maximum atomic E-state index is 8.61. The van der Waals surface area contributed by atoms with Gasteiger partial charge in [-0.25, -0.2) is 0 Å². The number of fused-ring (bicyclic) bond motifs is 1. The molecule has 0 spiro atoms. The molecule has 2 aliphatic rings. The van der Waals surface area contributed by atoms with Crippen LogP contribution in [0.25, 0.3) is 0 Å². The second kappa shape index (κ2) is 6.55. The predicted molar refractivity (Wildman–Crippen MR) is 63.6 cm³/mol. The van der Waals surface area contributed by atoms with Gasteiger partial charge in [0.1, 0.15) is 0 Å². The summed E-state index contributed by atoms with van der Waals surface area (Å²) in [7, 11) is 0. The lowest BCUT2D eigenvalue weighted by atomic mass is 9.99. The third kappa shape index (κ3) is 3.42. The van der Waals surface area contributed by atoms with Gasteiger partial charge in [-0.2, -0.15) is 0 Å². The highest BCUT2D eigenvalue weighted by molar-refractivity contribution is 4.84. The molecular formula is C12H24N2O2. The van der Waals surface area contributed by atoms with Gasteiger partial charge in [-0.3, -0.25) is 9.80 Å². The maximum absolute atomic E-state index is 8.61. The Morgan fingerprint density at radius 2 is 2.06 bits per heavy atom. The minimum Gasteiger partial charge on any atom is -0.394 e. The Bertz CT molecular complexity index is 201. The van der Waals surface area contributed by atoms with E-state index in [4.69, 9.17) is 9.84 Å². The van der Waals surface area contributed by atoms with Gasteiger partial charge < -0.3 is 9.84 Å². The van der Waals surface area contributed by atoms with E-state index < -0.39 is 0 Å². The van der Waals surface area contributed by atoms with Crippen molar-refractivity contribution in [3.63, 3.8) is 0 Å². The average Bonchev–Trinajstić information content (AvgIpc) is 2.34. The van der Waals surface area contributed by atoms with E-state index in [1.165, 1.54) is 45.4 Å².